The van der Waals surface area contributed by atoms with E-state index in [1.165, 1.54) is 6.42 Å². The van der Waals surface area contributed by atoms with Crippen molar-refractivity contribution in [2.45, 2.75) is 77.8 Å². The zero-order valence-electron chi connectivity index (χ0n) is 12.8. The van der Waals surface area contributed by atoms with E-state index in [1.807, 2.05) is 0 Å². The van der Waals surface area contributed by atoms with Crippen LogP contribution < -0.4 is 0 Å². The summed E-state index contributed by atoms with van der Waals surface area (Å²) in [5.74, 6) is 3.31. The van der Waals surface area contributed by atoms with E-state index >= 15 is 0 Å². The SMILES string of the molecule is CC(C)N(C)C(C)CC12CC3CC(CC(C3)C1)C2. The second-order valence-corrected chi connectivity index (χ2v) is 8.23. The predicted molar refractivity (Wildman–Crippen MR) is 77.6 cm³/mol. The summed E-state index contributed by atoms with van der Waals surface area (Å²) < 4.78 is 0. The molecule has 4 bridgehead atoms. The quantitative estimate of drug-likeness (QED) is 0.717. The summed E-state index contributed by atoms with van der Waals surface area (Å²) in [6.07, 6.45) is 10.9. The van der Waals surface area contributed by atoms with Crippen molar-refractivity contribution >= 4 is 0 Å². The van der Waals surface area contributed by atoms with Gasteiger partial charge in [-0.15, -0.1) is 0 Å². The van der Waals surface area contributed by atoms with Gasteiger partial charge in [0.2, 0.25) is 0 Å². The van der Waals surface area contributed by atoms with Crippen LogP contribution in [0.1, 0.15) is 65.7 Å². The lowest BCUT2D eigenvalue weighted by Crippen LogP contribution is -2.49. The molecule has 4 rings (SSSR count). The topological polar surface area (TPSA) is 3.24 Å². The highest BCUT2D eigenvalue weighted by Gasteiger charge is 2.51. The van der Waals surface area contributed by atoms with Gasteiger partial charge in [0, 0.05) is 12.1 Å². The first kappa shape index (κ1) is 13.0. The van der Waals surface area contributed by atoms with E-state index in [-0.39, 0.29) is 0 Å². The number of hydrogen-bond donors (Lipinski definition) is 0. The molecule has 0 aromatic heterocycles. The maximum Gasteiger partial charge on any atom is 0.00718 e. The Balaban J connectivity index is 1.68. The molecule has 1 heteroatoms. The normalized spacial score (nSPS) is 44.0. The summed E-state index contributed by atoms with van der Waals surface area (Å²) in [6, 6.07) is 1.45. The van der Waals surface area contributed by atoms with E-state index in [0.29, 0.717) is 6.04 Å². The molecule has 4 aliphatic rings. The molecular weight excluding hydrogens is 218 g/mol. The molecule has 0 heterocycles. The third-order valence-corrected chi connectivity index (χ3v) is 6.40. The monoisotopic (exact) mass is 249 g/mol. The van der Waals surface area contributed by atoms with Crippen LogP contribution in [0.25, 0.3) is 0 Å². The van der Waals surface area contributed by atoms with Gasteiger partial charge in [0.1, 0.15) is 0 Å². The second-order valence-electron chi connectivity index (χ2n) is 8.23. The van der Waals surface area contributed by atoms with Crippen molar-refractivity contribution in [1.82, 2.24) is 4.90 Å². The van der Waals surface area contributed by atoms with E-state index in [1.54, 1.807) is 38.5 Å². The molecule has 4 saturated carbocycles. The molecule has 1 unspecified atom stereocenters. The van der Waals surface area contributed by atoms with Crippen molar-refractivity contribution in [1.29, 1.82) is 0 Å². The van der Waals surface area contributed by atoms with E-state index < -0.39 is 0 Å². The fraction of sp³-hybridized carbons (Fsp3) is 1.00. The Bertz CT molecular complexity index is 271. The molecule has 4 aliphatic carbocycles. The van der Waals surface area contributed by atoms with Crippen LogP contribution in [0.5, 0.6) is 0 Å². The lowest BCUT2D eigenvalue weighted by molar-refractivity contribution is -0.0685. The number of nitrogens with zero attached hydrogens (tertiary/aromatic N) is 1. The molecule has 4 fully saturated rings. The summed E-state index contributed by atoms with van der Waals surface area (Å²) in [6.45, 7) is 7.12. The lowest BCUT2D eigenvalue weighted by atomic mass is 9.48. The molecule has 18 heavy (non-hydrogen) atoms. The first-order valence-electron chi connectivity index (χ1n) is 8.19. The smallest absolute Gasteiger partial charge is 0.00718 e. The van der Waals surface area contributed by atoms with Crippen molar-refractivity contribution in [3.05, 3.63) is 0 Å². The number of rotatable bonds is 4. The van der Waals surface area contributed by atoms with Crippen molar-refractivity contribution in [3.63, 3.8) is 0 Å². The molecule has 1 atom stereocenters. The summed E-state index contributed by atoms with van der Waals surface area (Å²) in [7, 11) is 2.32. The predicted octanol–water partition coefficient (Wildman–Crippen LogP) is 4.32. The van der Waals surface area contributed by atoms with Crippen LogP contribution in [-0.2, 0) is 0 Å². The summed E-state index contributed by atoms with van der Waals surface area (Å²) in [4.78, 5) is 2.58. The zero-order chi connectivity index (χ0) is 12.9. The van der Waals surface area contributed by atoms with Gasteiger partial charge >= 0.3 is 0 Å². The van der Waals surface area contributed by atoms with Gasteiger partial charge < -0.3 is 4.90 Å². The molecule has 0 aromatic rings. The van der Waals surface area contributed by atoms with Crippen molar-refractivity contribution < 1.29 is 0 Å². The van der Waals surface area contributed by atoms with Crippen LogP contribution >= 0.6 is 0 Å². The summed E-state index contributed by atoms with van der Waals surface area (Å²) in [5.41, 5.74) is 0.747. The first-order chi connectivity index (χ1) is 8.47. The van der Waals surface area contributed by atoms with Crippen LogP contribution in [0, 0.1) is 23.2 Å². The third kappa shape index (κ3) is 2.24. The minimum absolute atomic E-state index is 0.689. The Morgan fingerprint density at radius 1 is 0.944 bits per heavy atom. The van der Waals surface area contributed by atoms with E-state index in [2.05, 4.69) is 32.7 Å². The van der Waals surface area contributed by atoms with E-state index in [4.69, 9.17) is 0 Å². The molecule has 0 saturated heterocycles. The van der Waals surface area contributed by atoms with Gasteiger partial charge in [0.25, 0.3) is 0 Å². The standard InChI is InChI=1S/C17H31N/c1-12(2)18(4)13(3)8-17-9-14-5-15(10-17)7-16(6-14)11-17/h12-16H,5-11H2,1-4H3. The average Bonchev–Trinajstić information content (AvgIpc) is 2.24. The lowest BCUT2D eigenvalue weighted by Gasteiger charge is -2.58. The first-order valence-corrected chi connectivity index (χ1v) is 8.19. The molecule has 0 radical (unpaired) electrons. The molecular formula is C17H31N. The molecule has 0 aromatic carbocycles. The van der Waals surface area contributed by atoms with Gasteiger partial charge in [0.15, 0.2) is 0 Å². The van der Waals surface area contributed by atoms with Gasteiger partial charge in [-0.05, 0) is 95.9 Å². The fourth-order valence-electron chi connectivity index (χ4n) is 5.82. The largest absolute Gasteiger partial charge is 0.301 e. The molecule has 0 spiro atoms. The van der Waals surface area contributed by atoms with Crippen LogP contribution in [0.3, 0.4) is 0 Å². The van der Waals surface area contributed by atoms with E-state index in [9.17, 15) is 0 Å². The van der Waals surface area contributed by atoms with Gasteiger partial charge in [0.05, 0.1) is 0 Å². The Labute approximate surface area is 113 Å². The van der Waals surface area contributed by atoms with E-state index in [0.717, 1.165) is 29.2 Å². The summed E-state index contributed by atoms with van der Waals surface area (Å²) >= 11 is 0. The highest BCUT2D eigenvalue weighted by atomic mass is 15.1. The van der Waals surface area contributed by atoms with Gasteiger partial charge in [-0.3, -0.25) is 0 Å². The third-order valence-electron chi connectivity index (χ3n) is 6.40. The maximum atomic E-state index is 2.58. The zero-order valence-corrected chi connectivity index (χ0v) is 12.8. The minimum Gasteiger partial charge on any atom is -0.301 e. The Morgan fingerprint density at radius 2 is 1.39 bits per heavy atom. The highest BCUT2D eigenvalue weighted by molar-refractivity contribution is 5.02. The number of hydrogen-bond acceptors (Lipinski definition) is 1. The molecule has 0 aliphatic heterocycles. The van der Waals surface area contributed by atoms with Crippen LogP contribution in [0.15, 0.2) is 0 Å². The van der Waals surface area contributed by atoms with Crippen molar-refractivity contribution in [3.8, 4) is 0 Å². The maximum absolute atomic E-state index is 2.58. The van der Waals surface area contributed by atoms with Crippen LogP contribution in [0.4, 0.5) is 0 Å². The molecule has 104 valence electrons. The fourth-order valence-corrected chi connectivity index (χ4v) is 5.82. The molecule has 1 nitrogen and oxygen atoms in total. The van der Waals surface area contributed by atoms with Crippen LogP contribution in [0.2, 0.25) is 0 Å². The summed E-state index contributed by atoms with van der Waals surface area (Å²) in [5, 5.41) is 0. The average molecular weight is 249 g/mol. The second kappa shape index (κ2) is 4.51. The van der Waals surface area contributed by atoms with Crippen molar-refractivity contribution in [2.75, 3.05) is 7.05 Å². The molecule has 0 amide bonds. The minimum atomic E-state index is 0.689. The van der Waals surface area contributed by atoms with Crippen LogP contribution in [-0.4, -0.2) is 24.0 Å². The highest BCUT2D eigenvalue weighted by Crippen LogP contribution is 2.61. The Kier molecular flexibility index (Phi) is 3.25. The van der Waals surface area contributed by atoms with Gasteiger partial charge in [-0.25, -0.2) is 0 Å². The van der Waals surface area contributed by atoms with Gasteiger partial charge in [-0.1, -0.05) is 0 Å². The van der Waals surface area contributed by atoms with Gasteiger partial charge in [-0.2, -0.15) is 0 Å². The molecule has 0 N–H and O–H groups in total. The Morgan fingerprint density at radius 3 is 1.78 bits per heavy atom. The van der Waals surface area contributed by atoms with Crippen molar-refractivity contribution in [2.24, 2.45) is 23.2 Å². The Hall–Kier alpha value is -0.0400.